The summed E-state index contributed by atoms with van der Waals surface area (Å²) in [6.07, 6.45) is 0. The summed E-state index contributed by atoms with van der Waals surface area (Å²) in [4.78, 5) is 11.7. The molecule has 0 fully saturated rings. The summed E-state index contributed by atoms with van der Waals surface area (Å²) < 4.78 is 10.5. The Labute approximate surface area is 119 Å². The highest BCUT2D eigenvalue weighted by molar-refractivity contribution is 5.85. The number of benzene rings is 1. The minimum atomic E-state index is -0.429. The molecule has 0 aliphatic rings. The number of halogens is 1. The van der Waals surface area contributed by atoms with Gasteiger partial charge in [0.15, 0.2) is 18.1 Å². The van der Waals surface area contributed by atoms with Crippen molar-refractivity contribution in [2.24, 2.45) is 5.73 Å². The van der Waals surface area contributed by atoms with Gasteiger partial charge in [0.2, 0.25) is 0 Å². The lowest BCUT2D eigenvalue weighted by Gasteiger charge is -2.24. The highest BCUT2D eigenvalue weighted by atomic mass is 35.5. The van der Waals surface area contributed by atoms with E-state index in [1.54, 1.807) is 19.2 Å². The third kappa shape index (κ3) is 5.81. The van der Waals surface area contributed by atoms with E-state index in [2.05, 4.69) is 5.32 Å². The molecule has 1 amide bonds. The second-order valence-electron chi connectivity index (χ2n) is 4.58. The van der Waals surface area contributed by atoms with Crippen LogP contribution in [0.1, 0.15) is 13.8 Å². The Balaban J connectivity index is 0.00000324. The summed E-state index contributed by atoms with van der Waals surface area (Å²) in [5.41, 5.74) is 5.10. The summed E-state index contributed by atoms with van der Waals surface area (Å²) in [6.45, 7) is 4.01. The fourth-order valence-corrected chi connectivity index (χ4v) is 1.35. The lowest BCUT2D eigenvalue weighted by molar-refractivity contribution is -0.124. The van der Waals surface area contributed by atoms with E-state index >= 15 is 0 Å². The van der Waals surface area contributed by atoms with E-state index in [1.165, 1.54) is 0 Å². The number of para-hydroxylation sites is 2. The molecule has 1 aromatic carbocycles. The van der Waals surface area contributed by atoms with Gasteiger partial charge in [0.1, 0.15) is 0 Å². The van der Waals surface area contributed by atoms with E-state index in [9.17, 15) is 4.79 Å². The van der Waals surface area contributed by atoms with Crippen molar-refractivity contribution in [3.05, 3.63) is 24.3 Å². The van der Waals surface area contributed by atoms with Crippen LogP contribution < -0.4 is 20.5 Å². The summed E-state index contributed by atoms with van der Waals surface area (Å²) >= 11 is 0. The molecule has 1 rings (SSSR count). The predicted octanol–water partition coefficient (Wildman–Crippen LogP) is 1.35. The normalized spacial score (nSPS) is 10.3. The first-order valence-corrected chi connectivity index (χ1v) is 5.75. The average molecular weight is 289 g/mol. The number of nitrogens with two attached hydrogens (primary N) is 1. The zero-order valence-electron chi connectivity index (χ0n) is 11.4. The summed E-state index contributed by atoms with van der Waals surface area (Å²) in [5, 5.41) is 2.78. The maximum Gasteiger partial charge on any atom is 0.258 e. The van der Waals surface area contributed by atoms with Gasteiger partial charge in [0.05, 0.1) is 7.11 Å². The molecule has 0 heterocycles. The number of carbonyl (C=O) groups excluding carboxylic acids is 1. The predicted molar refractivity (Wildman–Crippen MR) is 77.0 cm³/mol. The highest BCUT2D eigenvalue weighted by Gasteiger charge is 2.18. The molecule has 0 aliphatic carbocycles. The van der Waals surface area contributed by atoms with E-state index in [0.29, 0.717) is 18.0 Å². The molecule has 108 valence electrons. The minimum Gasteiger partial charge on any atom is -0.493 e. The Morgan fingerprint density at radius 3 is 2.42 bits per heavy atom. The Morgan fingerprint density at radius 1 is 1.32 bits per heavy atom. The van der Waals surface area contributed by atoms with Gasteiger partial charge in [0.25, 0.3) is 5.91 Å². The number of amides is 1. The van der Waals surface area contributed by atoms with Gasteiger partial charge in [-0.05, 0) is 26.0 Å². The SMILES string of the molecule is COc1ccccc1OCC(=O)NC(C)(C)CN.Cl. The van der Waals surface area contributed by atoms with Gasteiger partial charge < -0.3 is 20.5 Å². The van der Waals surface area contributed by atoms with E-state index in [-0.39, 0.29) is 24.9 Å². The first-order valence-electron chi connectivity index (χ1n) is 5.75. The number of methoxy groups -OCH3 is 1. The van der Waals surface area contributed by atoms with E-state index in [1.807, 2.05) is 26.0 Å². The molecule has 19 heavy (non-hydrogen) atoms. The summed E-state index contributed by atoms with van der Waals surface area (Å²) in [5.74, 6) is 0.931. The molecule has 0 saturated heterocycles. The monoisotopic (exact) mass is 288 g/mol. The van der Waals surface area contributed by atoms with Crippen LogP contribution >= 0.6 is 12.4 Å². The molecule has 0 unspecified atom stereocenters. The molecule has 0 saturated carbocycles. The minimum absolute atomic E-state index is 0. The Morgan fingerprint density at radius 2 is 1.89 bits per heavy atom. The van der Waals surface area contributed by atoms with Crippen LogP contribution in [0.5, 0.6) is 11.5 Å². The van der Waals surface area contributed by atoms with Crippen LogP contribution in [0.4, 0.5) is 0 Å². The van der Waals surface area contributed by atoms with Gasteiger partial charge in [-0.2, -0.15) is 0 Å². The zero-order valence-corrected chi connectivity index (χ0v) is 12.3. The molecule has 0 atom stereocenters. The van der Waals surface area contributed by atoms with Crippen molar-refractivity contribution >= 4 is 18.3 Å². The second-order valence-corrected chi connectivity index (χ2v) is 4.58. The van der Waals surface area contributed by atoms with Gasteiger partial charge in [0, 0.05) is 12.1 Å². The summed E-state index contributed by atoms with van der Waals surface area (Å²) in [6, 6.07) is 7.18. The molecule has 0 aliphatic heterocycles. The molecule has 0 bridgehead atoms. The Bertz CT molecular complexity index is 411. The average Bonchev–Trinajstić information content (AvgIpc) is 2.36. The van der Waals surface area contributed by atoms with Gasteiger partial charge in [-0.25, -0.2) is 0 Å². The van der Waals surface area contributed by atoms with Crippen LogP contribution in [0.25, 0.3) is 0 Å². The highest BCUT2D eigenvalue weighted by Crippen LogP contribution is 2.25. The van der Waals surface area contributed by atoms with Gasteiger partial charge in [-0.1, -0.05) is 12.1 Å². The molecular weight excluding hydrogens is 268 g/mol. The molecule has 3 N–H and O–H groups in total. The van der Waals surface area contributed by atoms with Gasteiger partial charge >= 0.3 is 0 Å². The van der Waals surface area contributed by atoms with Crippen molar-refractivity contribution in [3.8, 4) is 11.5 Å². The van der Waals surface area contributed by atoms with Gasteiger partial charge in [-0.3, -0.25) is 4.79 Å². The number of rotatable bonds is 6. The lowest BCUT2D eigenvalue weighted by Crippen LogP contribution is -2.50. The van der Waals surface area contributed by atoms with Crippen molar-refractivity contribution in [2.45, 2.75) is 19.4 Å². The number of carbonyl (C=O) groups is 1. The third-order valence-corrected chi connectivity index (χ3v) is 2.42. The van der Waals surface area contributed by atoms with Crippen LogP contribution in [0, 0.1) is 0 Å². The van der Waals surface area contributed by atoms with Crippen molar-refractivity contribution in [3.63, 3.8) is 0 Å². The van der Waals surface area contributed by atoms with Crippen LogP contribution in [-0.2, 0) is 4.79 Å². The van der Waals surface area contributed by atoms with Crippen molar-refractivity contribution in [2.75, 3.05) is 20.3 Å². The summed E-state index contributed by atoms with van der Waals surface area (Å²) in [7, 11) is 1.56. The molecule has 0 aromatic heterocycles. The quantitative estimate of drug-likeness (QED) is 0.829. The first-order chi connectivity index (χ1) is 8.48. The zero-order chi connectivity index (χ0) is 13.6. The number of nitrogens with one attached hydrogen (secondary N) is 1. The fraction of sp³-hybridized carbons (Fsp3) is 0.462. The Kier molecular flexibility index (Phi) is 7.26. The fourth-order valence-electron chi connectivity index (χ4n) is 1.35. The van der Waals surface area contributed by atoms with E-state index < -0.39 is 5.54 Å². The van der Waals surface area contributed by atoms with Gasteiger partial charge in [-0.15, -0.1) is 12.4 Å². The van der Waals surface area contributed by atoms with Crippen molar-refractivity contribution in [1.82, 2.24) is 5.32 Å². The van der Waals surface area contributed by atoms with Crippen molar-refractivity contribution < 1.29 is 14.3 Å². The molecule has 0 radical (unpaired) electrons. The van der Waals surface area contributed by atoms with Crippen LogP contribution in [0.3, 0.4) is 0 Å². The number of ether oxygens (including phenoxy) is 2. The molecular formula is C13H21ClN2O3. The van der Waals surface area contributed by atoms with E-state index in [0.717, 1.165) is 0 Å². The van der Waals surface area contributed by atoms with Crippen molar-refractivity contribution in [1.29, 1.82) is 0 Å². The molecule has 1 aromatic rings. The van der Waals surface area contributed by atoms with Crippen LogP contribution in [-0.4, -0.2) is 31.7 Å². The maximum absolute atomic E-state index is 11.7. The molecule has 5 nitrogen and oxygen atoms in total. The largest absolute Gasteiger partial charge is 0.493 e. The number of hydrogen-bond donors (Lipinski definition) is 2. The van der Waals surface area contributed by atoms with E-state index in [4.69, 9.17) is 15.2 Å². The number of hydrogen-bond acceptors (Lipinski definition) is 4. The molecule has 6 heteroatoms. The Hall–Kier alpha value is -1.46. The second kappa shape index (κ2) is 7.86. The third-order valence-electron chi connectivity index (χ3n) is 2.42. The van der Waals surface area contributed by atoms with Crippen LogP contribution in [0.2, 0.25) is 0 Å². The topological polar surface area (TPSA) is 73.6 Å². The van der Waals surface area contributed by atoms with Crippen LogP contribution in [0.15, 0.2) is 24.3 Å². The molecule has 0 spiro atoms. The first kappa shape index (κ1) is 17.5. The maximum atomic E-state index is 11.7. The lowest BCUT2D eigenvalue weighted by atomic mass is 10.1. The smallest absolute Gasteiger partial charge is 0.258 e. The standard InChI is InChI=1S/C13H20N2O3.ClH/c1-13(2,9-14)15-12(16)8-18-11-7-5-4-6-10(11)17-3;/h4-7H,8-9,14H2,1-3H3,(H,15,16);1H.